The van der Waals surface area contributed by atoms with Crippen LogP contribution in [-0.2, 0) is 0 Å². The van der Waals surface area contributed by atoms with Gasteiger partial charge in [0.05, 0.1) is 0 Å². The number of hydrogen-bond donors (Lipinski definition) is 1. The van der Waals surface area contributed by atoms with Crippen LogP contribution < -0.4 is 4.74 Å². The van der Waals surface area contributed by atoms with E-state index in [-0.39, 0.29) is 12.4 Å². The summed E-state index contributed by atoms with van der Waals surface area (Å²) in [6, 6.07) is 6.38. The number of likely N-dealkylation sites (N-methyl/N-ethyl adjacent to an activating group) is 1. The number of aliphatic hydroxyl groups excluding tert-OH is 1. The summed E-state index contributed by atoms with van der Waals surface area (Å²) in [6.07, 6.45) is 1.73. The van der Waals surface area contributed by atoms with E-state index in [1.807, 2.05) is 0 Å². The highest BCUT2D eigenvalue weighted by molar-refractivity contribution is 5.22. The molecular formula is C16H25FN2O2. The number of benzene rings is 1. The zero-order chi connectivity index (χ0) is 15.2. The summed E-state index contributed by atoms with van der Waals surface area (Å²) in [5.74, 6) is 0.294. The third-order valence-electron chi connectivity index (χ3n) is 4.07. The average molecular weight is 296 g/mol. The highest BCUT2D eigenvalue weighted by Gasteiger charge is 2.22. The quantitative estimate of drug-likeness (QED) is 0.865. The van der Waals surface area contributed by atoms with Gasteiger partial charge in [0.1, 0.15) is 24.3 Å². The lowest BCUT2D eigenvalue weighted by Gasteiger charge is -2.35. The standard InChI is InChI=1S/C16H25FN2O2/c1-18-9-7-14(8-10-18)19(2)11-15(20)12-21-16-5-3-13(17)4-6-16/h3-6,14-15,20H,7-12H2,1-2H3. The highest BCUT2D eigenvalue weighted by atomic mass is 19.1. The molecule has 21 heavy (non-hydrogen) atoms. The van der Waals surface area contributed by atoms with Gasteiger partial charge in [-0.2, -0.15) is 0 Å². The van der Waals surface area contributed by atoms with Crippen LogP contribution in [0.3, 0.4) is 0 Å². The Labute approximate surface area is 126 Å². The SMILES string of the molecule is CN1CCC(N(C)CC(O)COc2ccc(F)cc2)CC1. The lowest BCUT2D eigenvalue weighted by Crippen LogP contribution is -2.45. The number of likely N-dealkylation sites (tertiary alicyclic amines) is 1. The van der Waals surface area contributed by atoms with Crippen molar-refractivity contribution in [2.75, 3.05) is 40.3 Å². The van der Waals surface area contributed by atoms with E-state index in [0.717, 1.165) is 25.9 Å². The van der Waals surface area contributed by atoms with Crippen LogP contribution in [0.25, 0.3) is 0 Å². The molecule has 1 aliphatic rings. The number of rotatable bonds is 6. The summed E-state index contributed by atoms with van der Waals surface area (Å²) in [4.78, 5) is 4.55. The van der Waals surface area contributed by atoms with Gasteiger partial charge in [-0.3, -0.25) is 0 Å². The number of ether oxygens (including phenoxy) is 1. The molecule has 0 aromatic heterocycles. The molecule has 1 atom stereocenters. The van der Waals surface area contributed by atoms with Gasteiger partial charge in [-0.15, -0.1) is 0 Å². The minimum absolute atomic E-state index is 0.225. The zero-order valence-electron chi connectivity index (χ0n) is 12.8. The normalized spacial score (nSPS) is 18.9. The number of piperidine rings is 1. The van der Waals surface area contributed by atoms with E-state index in [9.17, 15) is 9.50 Å². The first-order valence-electron chi connectivity index (χ1n) is 7.50. The van der Waals surface area contributed by atoms with Crippen LogP contribution in [0.2, 0.25) is 0 Å². The van der Waals surface area contributed by atoms with Crippen molar-refractivity contribution in [2.45, 2.75) is 25.0 Å². The monoisotopic (exact) mass is 296 g/mol. The molecule has 0 bridgehead atoms. The third kappa shape index (κ3) is 5.26. The van der Waals surface area contributed by atoms with Crippen molar-refractivity contribution in [3.63, 3.8) is 0 Å². The Hall–Kier alpha value is -1.17. The van der Waals surface area contributed by atoms with Crippen LogP contribution in [0.5, 0.6) is 5.75 Å². The van der Waals surface area contributed by atoms with E-state index >= 15 is 0 Å². The van der Waals surface area contributed by atoms with Crippen molar-refractivity contribution >= 4 is 0 Å². The van der Waals surface area contributed by atoms with Gasteiger partial charge >= 0.3 is 0 Å². The van der Waals surface area contributed by atoms with Gasteiger partial charge in [0.2, 0.25) is 0 Å². The molecule has 0 spiro atoms. The van der Waals surface area contributed by atoms with E-state index in [2.05, 4.69) is 23.9 Å². The van der Waals surface area contributed by atoms with Crippen molar-refractivity contribution in [3.05, 3.63) is 30.1 Å². The molecule has 1 N–H and O–H groups in total. The molecule has 4 nitrogen and oxygen atoms in total. The molecule has 0 amide bonds. The van der Waals surface area contributed by atoms with E-state index in [1.165, 1.54) is 12.1 Å². The van der Waals surface area contributed by atoms with Crippen LogP contribution >= 0.6 is 0 Å². The van der Waals surface area contributed by atoms with Crippen molar-refractivity contribution < 1.29 is 14.2 Å². The number of hydrogen-bond acceptors (Lipinski definition) is 4. The summed E-state index contributed by atoms with van der Waals surface area (Å²) in [5, 5.41) is 10.1. The molecular weight excluding hydrogens is 271 g/mol. The van der Waals surface area contributed by atoms with Crippen molar-refractivity contribution in [1.29, 1.82) is 0 Å². The van der Waals surface area contributed by atoms with Gasteiger partial charge in [0.15, 0.2) is 0 Å². The van der Waals surface area contributed by atoms with Crippen LogP contribution in [0.4, 0.5) is 4.39 Å². The van der Waals surface area contributed by atoms with E-state index in [4.69, 9.17) is 4.74 Å². The molecule has 1 aliphatic heterocycles. The minimum Gasteiger partial charge on any atom is -0.491 e. The summed E-state index contributed by atoms with van der Waals surface area (Å²) in [7, 11) is 4.19. The first kappa shape index (κ1) is 16.2. The maximum absolute atomic E-state index is 12.8. The molecule has 1 aromatic rings. The predicted molar refractivity (Wildman–Crippen MR) is 81.1 cm³/mol. The lowest BCUT2D eigenvalue weighted by molar-refractivity contribution is 0.0498. The van der Waals surface area contributed by atoms with Gasteiger partial charge in [-0.05, 0) is 64.3 Å². The summed E-state index contributed by atoms with van der Waals surface area (Å²) >= 11 is 0. The van der Waals surface area contributed by atoms with Gasteiger partial charge < -0.3 is 19.6 Å². The maximum Gasteiger partial charge on any atom is 0.123 e. The topological polar surface area (TPSA) is 35.9 Å². The smallest absolute Gasteiger partial charge is 0.123 e. The van der Waals surface area contributed by atoms with E-state index in [1.54, 1.807) is 12.1 Å². The second kappa shape index (κ2) is 7.73. The van der Waals surface area contributed by atoms with Gasteiger partial charge in [-0.25, -0.2) is 4.39 Å². The molecule has 5 heteroatoms. The molecule has 2 rings (SSSR count). The van der Waals surface area contributed by atoms with Crippen LogP contribution in [0.1, 0.15) is 12.8 Å². The Kier molecular flexibility index (Phi) is 5.96. The third-order valence-corrected chi connectivity index (χ3v) is 4.07. The molecule has 1 unspecified atom stereocenters. The number of nitrogens with zero attached hydrogens (tertiary/aromatic N) is 2. The van der Waals surface area contributed by atoms with Gasteiger partial charge in [0.25, 0.3) is 0 Å². The number of aliphatic hydroxyl groups is 1. The summed E-state index contributed by atoms with van der Waals surface area (Å²) < 4.78 is 18.3. The van der Waals surface area contributed by atoms with Crippen LogP contribution in [-0.4, -0.2) is 67.4 Å². The Morgan fingerprint density at radius 1 is 1.33 bits per heavy atom. The van der Waals surface area contributed by atoms with Crippen molar-refractivity contribution in [1.82, 2.24) is 9.80 Å². The Morgan fingerprint density at radius 3 is 2.57 bits per heavy atom. The fourth-order valence-corrected chi connectivity index (χ4v) is 2.69. The summed E-state index contributed by atoms with van der Waals surface area (Å²) in [6.45, 7) is 3.03. The second-order valence-electron chi connectivity index (χ2n) is 5.89. The van der Waals surface area contributed by atoms with Gasteiger partial charge in [0, 0.05) is 12.6 Å². The fraction of sp³-hybridized carbons (Fsp3) is 0.625. The molecule has 1 aromatic carbocycles. The molecule has 1 heterocycles. The summed E-state index contributed by atoms with van der Waals surface area (Å²) in [5.41, 5.74) is 0. The highest BCUT2D eigenvalue weighted by Crippen LogP contribution is 2.15. The molecule has 0 radical (unpaired) electrons. The first-order chi connectivity index (χ1) is 10.0. The fourth-order valence-electron chi connectivity index (χ4n) is 2.69. The molecule has 0 aliphatic carbocycles. The maximum atomic E-state index is 12.8. The van der Waals surface area contributed by atoms with Crippen molar-refractivity contribution in [3.8, 4) is 5.75 Å². The lowest BCUT2D eigenvalue weighted by atomic mass is 10.0. The van der Waals surface area contributed by atoms with Gasteiger partial charge in [-0.1, -0.05) is 0 Å². The Morgan fingerprint density at radius 2 is 1.95 bits per heavy atom. The molecule has 1 saturated heterocycles. The van der Waals surface area contributed by atoms with Crippen LogP contribution in [0, 0.1) is 5.82 Å². The van der Waals surface area contributed by atoms with E-state index in [0.29, 0.717) is 18.3 Å². The van der Waals surface area contributed by atoms with Crippen molar-refractivity contribution in [2.24, 2.45) is 0 Å². The Balaban J connectivity index is 1.71. The first-order valence-corrected chi connectivity index (χ1v) is 7.50. The average Bonchev–Trinajstić information content (AvgIpc) is 2.47. The predicted octanol–water partition coefficient (Wildman–Crippen LogP) is 1.59. The largest absolute Gasteiger partial charge is 0.491 e. The second-order valence-corrected chi connectivity index (χ2v) is 5.89. The zero-order valence-corrected chi connectivity index (χ0v) is 12.8. The minimum atomic E-state index is -0.542. The molecule has 1 fully saturated rings. The van der Waals surface area contributed by atoms with Crippen LogP contribution in [0.15, 0.2) is 24.3 Å². The Bertz CT molecular complexity index is 419. The van der Waals surface area contributed by atoms with E-state index < -0.39 is 6.10 Å². The molecule has 0 saturated carbocycles. The number of halogens is 1. The molecule has 118 valence electrons.